The highest BCUT2D eigenvalue weighted by Crippen LogP contribution is 2.36. The van der Waals surface area contributed by atoms with Gasteiger partial charge in [0, 0.05) is 25.7 Å². The Balaban J connectivity index is 1.50. The second-order valence-electron chi connectivity index (χ2n) is 6.43. The molecule has 1 saturated carbocycles. The fourth-order valence-corrected chi connectivity index (χ4v) is 3.17. The van der Waals surface area contributed by atoms with Gasteiger partial charge in [-0.05, 0) is 42.9 Å². The summed E-state index contributed by atoms with van der Waals surface area (Å²) in [5.74, 6) is 0.516. The van der Waals surface area contributed by atoms with Crippen LogP contribution in [0.1, 0.15) is 28.8 Å². The van der Waals surface area contributed by atoms with Crippen molar-refractivity contribution in [3.05, 3.63) is 35.4 Å². The highest BCUT2D eigenvalue weighted by molar-refractivity contribution is 5.94. The van der Waals surface area contributed by atoms with Crippen LogP contribution in [0, 0.1) is 5.92 Å². The first-order valence-electron chi connectivity index (χ1n) is 8.62. The molecule has 3 amide bonds. The molecule has 0 aromatic heterocycles. The molecule has 2 fully saturated rings. The summed E-state index contributed by atoms with van der Waals surface area (Å²) in [5, 5.41) is 5.63. The summed E-state index contributed by atoms with van der Waals surface area (Å²) >= 11 is 0. The van der Waals surface area contributed by atoms with E-state index in [1.807, 2.05) is 23.1 Å². The smallest absolute Gasteiger partial charge is 0.317 e. The van der Waals surface area contributed by atoms with Crippen molar-refractivity contribution >= 4 is 11.9 Å². The van der Waals surface area contributed by atoms with Gasteiger partial charge in [0.15, 0.2) is 0 Å². The average Bonchev–Trinajstić information content (AvgIpc) is 3.46. The SMILES string of the molecule is CNC(=O)c1cccc(CCNC(=O)N2CCOC[C@@H]2C2CC2)c1. The molecule has 2 N–H and O–H groups in total. The molecule has 6 nitrogen and oxygen atoms in total. The minimum absolute atomic E-state index is 0.00217. The third-order valence-electron chi connectivity index (χ3n) is 4.70. The number of rotatable bonds is 5. The van der Waals surface area contributed by atoms with Gasteiger partial charge in [-0.3, -0.25) is 4.79 Å². The van der Waals surface area contributed by atoms with E-state index in [9.17, 15) is 9.59 Å². The van der Waals surface area contributed by atoms with Gasteiger partial charge in [0.05, 0.1) is 19.3 Å². The molecule has 130 valence electrons. The van der Waals surface area contributed by atoms with Crippen LogP contribution in [0.2, 0.25) is 0 Å². The molecule has 1 aromatic carbocycles. The van der Waals surface area contributed by atoms with Gasteiger partial charge in [0.25, 0.3) is 5.91 Å². The van der Waals surface area contributed by atoms with E-state index in [2.05, 4.69) is 10.6 Å². The summed E-state index contributed by atoms with van der Waals surface area (Å²) in [6.07, 6.45) is 3.10. The van der Waals surface area contributed by atoms with Crippen molar-refractivity contribution in [2.24, 2.45) is 5.92 Å². The number of carbonyl (C=O) groups is 2. The quantitative estimate of drug-likeness (QED) is 0.857. The summed E-state index contributed by atoms with van der Waals surface area (Å²) in [6.45, 7) is 2.50. The van der Waals surface area contributed by atoms with E-state index in [1.165, 1.54) is 12.8 Å². The van der Waals surface area contributed by atoms with Gasteiger partial charge in [-0.1, -0.05) is 12.1 Å². The van der Waals surface area contributed by atoms with E-state index in [4.69, 9.17) is 4.74 Å². The van der Waals surface area contributed by atoms with Crippen molar-refractivity contribution in [3.63, 3.8) is 0 Å². The van der Waals surface area contributed by atoms with Gasteiger partial charge in [-0.2, -0.15) is 0 Å². The molecule has 3 rings (SSSR count). The maximum Gasteiger partial charge on any atom is 0.317 e. The average molecular weight is 331 g/mol. The Morgan fingerprint density at radius 2 is 2.17 bits per heavy atom. The molecule has 0 radical (unpaired) electrons. The number of nitrogens with one attached hydrogen (secondary N) is 2. The van der Waals surface area contributed by atoms with Crippen LogP contribution in [0.3, 0.4) is 0 Å². The zero-order valence-corrected chi connectivity index (χ0v) is 14.1. The molecule has 1 aliphatic carbocycles. The number of nitrogens with zero attached hydrogens (tertiary/aromatic N) is 1. The third kappa shape index (κ3) is 4.06. The number of benzene rings is 1. The van der Waals surface area contributed by atoms with Gasteiger partial charge in [0.1, 0.15) is 0 Å². The molecule has 6 heteroatoms. The van der Waals surface area contributed by atoms with Crippen molar-refractivity contribution in [1.82, 2.24) is 15.5 Å². The zero-order valence-electron chi connectivity index (χ0n) is 14.1. The zero-order chi connectivity index (χ0) is 16.9. The van der Waals surface area contributed by atoms with E-state index < -0.39 is 0 Å². The molecule has 1 heterocycles. The summed E-state index contributed by atoms with van der Waals surface area (Å²) < 4.78 is 5.52. The Labute approximate surface area is 142 Å². The van der Waals surface area contributed by atoms with E-state index in [0.29, 0.717) is 44.2 Å². The first-order chi connectivity index (χ1) is 11.7. The largest absolute Gasteiger partial charge is 0.377 e. The van der Waals surface area contributed by atoms with Crippen LogP contribution < -0.4 is 10.6 Å². The van der Waals surface area contributed by atoms with Gasteiger partial charge in [-0.15, -0.1) is 0 Å². The number of morpholine rings is 1. The van der Waals surface area contributed by atoms with Crippen molar-refractivity contribution in [3.8, 4) is 0 Å². The summed E-state index contributed by atoms with van der Waals surface area (Å²) in [5.41, 5.74) is 1.68. The van der Waals surface area contributed by atoms with Crippen LogP contribution >= 0.6 is 0 Å². The monoisotopic (exact) mass is 331 g/mol. The van der Waals surface area contributed by atoms with Crippen molar-refractivity contribution in [2.75, 3.05) is 33.4 Å². The summed E-state index contributed by atoms with van der Waals surface area (Å²) in [4.78, 5) is 26.0. The predicted molar refractivity (Wildman–Crippen MR) is 91.0 cm³/mol. The highest BCUT2D eigenvalue weighted by Gasteiger charge is 2.39. The van der Waals surface area contributed by atoms with Crippen LogP contribution in [0.4, 0.5) is 4.79 Å². The molecule has 24 heavy (non-hydrogen) atoms. The molecule has 0 spiro atoms. The van der Waals surface area contributed by atoms with Gasteiger partial charge in [0.2, 0.25) is 0 Å². The van der Waals surface area contributed by atoms with Gasteiger partial charge < -0.3 is 20.3 Å². The van der Waals surface area contributed by atoms with Crippen LogP contribution in [-0.2, 0) is 11.2 Å². The molecule has 2 aliphatic rings. The number of ether oxygens (including phenoxy) is 1. The predicted octanol–water partition coefficient (Wildman–Crippen LogP) is 1.41. The molecule has 0 bridgehead atoms. The molecule has 1 aliphatic heterocycles. The first-order valence-corrected chi connectivity index (χ1v) is 8.62. The second kappa shape index (κ2) is 7.66. The van der Waals surface area contributed by atoms with E-state index in [-0.39, 0.29) is 18.0 Å². The molecule has 0 unspecified atom stereocenters. The van der Waals surface area contributed by atoms with Crippen LogP contribution in [0.25, 0.3) is 0 Å². The van der Waals surface area contributed by atoms with Crippen molar-refractivity contribution in [1.29, 1.82) is 0 Å². The van der Waals surface area contributed by atoms with Crippen molar-refractivity contribution < 1.29 is 14.3 Å². The minimum atomic E-state index is -0.0959. The molecule has 1 aromatic rings. The molecular formula is C18H25N3O3. The van der Waals surface area contributed by atoms with Gasteiger partial charge in [-0.25, -0.2) is 4.79 Å². The Morgan fingerprint density at radius 3 is 2.92 bits per heavy atom. The topological polar surface area (TPSA) is 70.7 Å². The fraction of sp³-hybridized carbons (Fsp3) is 0.556. The lowest BCUT2D eigenvalue weighted by atomic mass is 10.1. The van der Waals surface area contributed by atoms with E-state index in [1.54, 1.807) is 13.1 Å². The normalized spacial score (nSPS) is 20.5. The lowest BCUT2D eigenvalue weighted by Crippen LogP contribution is -2.53. The van der Waals surface area contributed by atoms with Crippen molar-refractivity contribution in [2.45, 2.75) is 25.3 Å². The summed E-state index contributed by atoms with van der Waals surface area (Å²) in [7, 11) is 1.62. The second-order valence-corrected chi connectivity index (χ2v) is 6.43. The van der Waals surface area contributed by atoms with Crippen LogP contribution in [0.5, 0.6) is 0 Å². The lowest BCUT2D eigenvalue weighted by molar-refractivity contribution is 0.00477. The molecule has 1 atom stereocenters. The standard InChI is InChI=1S/C18H25N3O3/c1-19-17(22)15-4-2-3-13(11-15)7-8-20-18(23)21-9-10-24-12-16(21)14-5-6-14/h2-4,11,14,16H,5-10,12H2,1H3,(H,19,22)(H,20,23)/t16-/m1/s1. The highest BCUT2D eigenvalue weighted by atomic mass is 16.5. The number of urea groups is 1. The van der Waals surface area contributed by atoms with Crippen LogP contribution in [-0.4, -0.2) is 56.2 Å². The number of hydrogen-bond acceptors (Lipinski definition) is 3. The Bertz CT molecular complexity index is 601. The third-order valence-corrected chi connectivity index (χ3v) is 4.70. The Morgan fingerprint density at radius 1 is 1.33 bits per heavy atom. The minimum Gasteiger partial charge on any atom is -0.377 e. The number of hydrogen-bond donors (Lipinski definition) is 2. The van der Waals surface area contributed by atoms with Crippen LogP contribution in [0.15, 0.2) is 24.3 Å². The molecule has 1 saturated heterocycles. The first kappa shape index (κ1) is 16.8. The van der Waals surface area contributed by atoms with Gasteiger partial charge >= 0.3 is 6.03 Å². The maximum absolute atomic E-state index is 12.4. The Kier molecular flexibility index (Phi) is 5.35. The number of carbonyl (C=O) groups excluding carboxylic acids is 2. The van der Waals surface area contributed by atoms with E-state index >= 15 is 0 Å². The molecular weight excluding hydrogens is 306 g/mol. The lowest BCUT2D eigenvalue weighted by Gasteiger charge is -2.35. The van der Waals surface area contributed by atoms with E-state index in [0.717, 1.165) is 5.56 Å². The maximum atomic E-state index is 12.4. The fourth-order valence-electron chi connectivity index (χ4n) is 3.17. The summed E-state index contributed by atoms with van der Waals surface area (Å²) in [6, 6.07) is 7.72. The number of amides is 3. The Hall–Kier alpha value is -2.08.